The lowest BCUT2D eigenvalue weighted by Crippen LogP contribution is -2.33. The molecular formula is C25H23ClN4O. The molecule has 2 aromatic carbocycles. The number of nitrogens with zero attached hydrogens (tertiary/aromatic N) is 4. The summed E-state index contributed by atoms with van der Waals surface area (Å²) in [6.07, 6.45) is 5.30. The first-order chi connectivity index (χ1) is 15.0. The third kappa shape index (κ3) is 4.72. The Morgan fingerprint density at radius 2 is 1.81 bits per heavy atom. The van der Waals surface area contributed by atoms with Crippen molar-refractivity contribution in [1.82, 2.24) is 19.9 Å². The van der Waals surface area contributed by atoms with Crippen molar-refractivity contribution in [1.29, 1.82) is 0 Å². The first kappa shape index (κ1) is 20.9. The number of rotatable bonds is 6. The van der Waals surface area contributed by atoms with E-state index in [0.717, 1.165) is 39.6 Å². The Bertz CT molecular complexity index is 1210. The molecule has 0 bridgehead atoms. The number of aromatic nitrogens is 3. The van der Waals surface area contributed by atoms with Crippen LogP contribution >= 0.6 is 11.6 Å². The van der Waals surface area contributed by atoms with Gasteiger partial charge in [-0.15, -0.1) is 0 Å². The van der Waals surface area contributed by atoms with Crippen LogP contribution in [0.25, 0.3) is 10.9 Å². The van der Waals surface area contributed by atoms with Gasteiger partial charge in [0.25, 0.3) is 5.91 Å². The van der Waals surface area contributed by atoms with Crippen LogP contribution in [0.5, 0.6) is 0 Å². The fourth-order valence-corrected chi connectivity index (χ4v) is 3.80. The molecule has 0 radical (unpaired) electrons. The van der Waals surface area contributed by atoms with Crippen LogP contribution in [0.4, 0.5) is 0 Å². The first-order valence-corrected chi connectivity index (χ1v) is 10.6. The Labute approximate surface area is 186 Å². The molecule has 0 saturated heterocycles. The maximum atomic E-state index is 13.2. The molecule has 156 valence electrons. The largest absolute Gasteiger partial charge is 0.332 e. The fourth-order valence-electron chi connectivity index (χ4n) is 3.60. The number of aryl methyl sites for hydroxylation is 2. The fraction of sp³-hybridized carbons (Fsp3) is 0.200. The van der Waals surface area contributed by atoms with Gasteiger partial charge < -0.3 is 4.90 Å². The molecule has 5 nitrogen and oxygen atoms in total. The van der Waals surface area contributed by atoms with Gasteiger partial charge in [0.2, 0.25) is 0 Å². The molecule has 0 fully saturated rings. The summed E-state index contributed by atoms with van der Waals surface area (Å²) in [6, 6.07) is 16.3. The molecule has 1 amide bonds. The van der Waals surface area contributed by atoms with Gasteiger partial charge in [0.1, 0.15) is 10.8 Å². The molecular weight excluding hydrogens is 408 g/mol. The molecule has 0 unspecified atom stereocenters. The molecule has 0 atom stereocenters. The summed E-state index contributed by atoms with van der Waals surface area (Å²) in [5, 5.41) is 1.47. The lowest BCUT2D eigenvalue weighted by molar-refractivity contribution is 0.0738. The van der Waals surface area contributed by atoms with E-state index in [0.29, 0.717) is 23.9 Å². The first-order valence-electron chi connectivity index (χ1n) is 10.2. The van der Waals surface area contributed by atoms with Gasteiger partial charge in [0.05, 0.1) is 11.7 Å². The Morgan fingerprint density at radius 1 is 1.03 bits per heavy atom. The quantitative estimate of drug-likeness (QED) is 0.395. The average Bonchev–Trinajstić information content (AvgIpc) is 2.80. The Morgan fingerprint density at radius 3 is 2.55 bits per heavy atom. The predicted molar refractivity (Wildman–Crippen MR) is 123 cm³/mol. The van der Waals surface area contributed by atoms with Crippen molar-refractivity contribution in [3.05, 3.63) is 100 Å². The Balaban J connectivity index is 1.67. The van der Waals surface area contributed by atoms with Crippen molar-refractivity contribution >= 4 is 28.4 Å². The Kier molecular flexibility index (Phi) is 6.23. The molecule has 31 heavy (non-hydrogen) atoms. The molecule has 0 N–H and O–H groups in total. The summed E-state index contributed by atoms with van der Waals surface area (Å²) in [7, 11) is 0. The smallest absolute Gasteiger partial charge is 0.274 e. The monoisotopic (exact) mass is 430 g/mol. The summed E-state index contributed by atoms with van der Waals surface area (Å²) in [4.78, 5) is 27.9. The van der Waals surface area contributed by atoms with E-state index in [1.165, 1.54) is 12.4 Å². The van der Waals surface area contributed by atoms with Crippen LogP contribution < -0.4 is 0 Å². The molecule has 2 aromatic heterocycles. The number of fused-ring (bicyclic) bond motifs is 1. The zero-order valence-electron chi connectivity index (χ0n) is 17.5. The van der Waals surface area contributed by atoms with Crippen LogP contribution in [0, 0.1) is 13.8 Å². The van der Waals surface area contributed by atoms with E-state index in [-0.39, 0.29) is 5.91 Å². The van der Waals surface area contributed by atoms with E-state index in [1.54, 1.807) is 11.1 Å². The third-order valence-electron chi connectivity index (χ3n) is 5.37. The van der Waals surface area contributed by atoms with Gasteiger partial charge in [-0.2, -0.15) is 0 Å². The number of amides is 1. The highest BCUT2D eigenvalue weighted by atomic mass is 35.5. The Hall–Kier alpha value is -3.31. The molecule has 0 aliphatic rings. The number of hydrogen-bond acceptors (Lipinski definition) is 4. The van der Waals surface area contributed by atoms with Crippen molar-refractivity contribution in [2.24, 2.45) is 0 Å². The van der Waals surface area contributed by atoms with E-state index < -0.39 is 0 Å². The van der Waals surface area contributed by atoms with Gasteiger partial charge in [-0.3, -0.25) is 9.78 Å². The molecule has 0 saturated carbocycles. The average molecular weight is 431 g/mol. The van der Waals surface area contributed by atoms with E-state index >= 15 is 0 Å². The predicted octanol–water partition coefficient (Wildman–Crippen LogP) is 5.18. The van der Waals surface area contributed by atoms with E-state index in [2.05, 4.69) is 40.1 Å². The lowest BCUT2D eigenvalue weighted by Gasteiger charge is -2.23. The maximum absolute atomic E-state index is 13.2. The van der Waals surface area contributed by atoms with Crippen molar-refractivity contribution in [2.75, 3.05) is 6.54 Å². The topological polar surface area (TPSA) is 59.0 Å². The van der Waals surface area contributed by atoms with Gasteiger partial charge in [-0.1, -0.05) is 54.1 Å². The van der Waals surface area contributed by atoms with Crippen LogP contribution in [-0.2, 0) is 13.0 Å². The van der Waals surface area contributed by atoms with Gasteiger partial charge >= 0.3 is 0 Å². The van der Waals surface area contributed by atoms with Crippen LogP contribution in [0.1, 0.15) is 32.7 Å². The van der Waals surface area contributed by atoms with Gasteiger partial charge in [-0.25, -0.2) is 9.97 Å². The minimum atomic E-state index is -0.179. The molecule has 0 aliphatic heterocycles. The maximum Gasteiger partial charge on any atom is 0.274 e. The SMILES string of the molecule is Cc1ccc(C)c2nc(Cl)c(CN(CCc3ccccc3)C(=O)c3cnccn3)cc12. The molecule has 6 heteroatoms. The van der Waals surface area contributed by atoms with Crippen LogP contribution in [-0.4, -0.2) is 32.3 Å². The van der Waals surface area contributed by atoms with Gasteiger partial charge in [0, 0.05) is 36.4 Å². The van der Waals surface area contributed by atoms with Crippen molar-refractivity contribution in [2.45, 2.75) is 26.8 Å². The molecule has 2 heterocycles. The molecule has 4 aromatic rings. The minimum absolute atomic E-state index is 0.179. The van der Waals surface area contributed by atoms with Crippen LogP contribution in [0.2, 0.25) is 5.15 Å². The summed E-state index contributed by atoms with van der Waals surface area (Å²) >= 11 is 6.56. The summed E-state index contributed by atoms with van der Waals surface area (Å²) in [5.74, 6) is -0.179. The zero-order valence-corrected chi connectivity index (χ0v) is 18.3. The summed E-state index contributed by atoms with van der Waals surface area (Å²) < 4.78 is 0. The molecule has 0 aliphatic carbocycles. The number of hydrogen-bond donors (Lipinski definition) is 0. The third-order valence-corrected chi connectivity index (χ3v) is 5.70. The highest BCUT2D eigenvalue weighted by Crippen LogP contribution is 2.27. The van der Waals surface area contributed by atoms with E-state index in [4.69, 9.17) is 11.6 Å². The number of benzene rings is 2. The van der Waals surface area contributed by atoms with Crippen molar-refractivity contribution in [3.63, 3.8) is 0 Å². The van der Waals surface area contributed by atoms with Gasteiger partial charge in [0.15, 0.2) is 0 Å². The number of carbonyl (C=O) groups is 1. The second-order valence-corrected chi connectivity index (χ2v) is 7.94. The molecule has 4 rings (SSSR count). The zero-order chi connectivity index (χ0) is 21.8. The number of carbonyl (C=O) groups excluding carboxylic acids is 1. The highest BCUT2D eigenvalue weighted by molar-refractivity contribution is 6.30. The van der Waals surface area contributed by atoms with Crippen molar-refractivity contribution < 1.29 is 4.79 Å². The second kappa shape index (κ2) is 9.23. The normalized spacial score (nSPS) is 10.9. The summed E-state index contributed by atoms with van der Waals surface area (Å²) in [5.41, 5.74) is 5.38. The van der Waals surface area contributed by atoms with E-state index in [1.807, 2.05) is 37.3 Å². The number of halogens is 1. The lowest BCUT2D eigenvalue weighted by atomic mass is 10.0. The van der Waals surface area contributed by atoms with Crippen molar-refractivity contribution in [3.8, 4) is 0 Å². The number of pyridine rings is 1. The van der Waals surface area contributed by atoms with Crippen LogP contribution in [0.15, 0.2) is 67.1 Å². The second-order valence-electron chi connectivity index (χ2n) is 7.59. The minimum Gasteiger partial charge on any atom is -0.332 e. The highest BCUT2D eigenvalue weighted by Gasteiger charge is 2.20. The van der Waals surface area contributed by atoms with Crippen LogP contribution in [0.3, 0.4) is 0 Å². The standard InChI is InChI=1S/C25H23ClN4O/c1-17-8-9-18(2)23-21(17)14-20(24(26)29-23)16-30(13-10-19-6-4-3-5-7-19)25(31)22-15-27-11-12-28-22/h3-9,11-12,14-15H,10,13,16H2,1-2H3. The van der Waals surface area contributed by atoms with Gasteiger partial charge in [-0.05, 0) is 43.0 Å². The van der Waals surface area contributed by atoms with E-state index in [9.17, 15) is 4.79 Å². The molecule has 0 spiro atoms. The summed E-state index contributed by atoms with van der Waals surface area (Å²) in [6.45, 7) is 4.95.